The monoisotopic (exact) mass is 271 g/mol. The van der Waals surface area contributed by atoms with E-state index in [1.165, 1.54) is 0 Å². The lowest BCUT2D eigenvalue weighted by Crippen LogP contribution is -2.32. The Hall–Kier alpha value is -1.43. The van der Waals surface area contributed by atoms with E-state index in [9.17, 15) is 8.78 Å². The first kappa shape index (κ1) is 14.0. The molecular weight excluding hydrogens is 252 g/mol. The number of rotatable bonds is 4. The van der Waals surface area contributed by atoms with Crippen molar-refractivity contribution in [1.29, 1.82) is 0 Å². The summed E-state index contributed by atoms with van der Waals surface area (Å²) in [6, 6.07) is 0.863. The molecule has 1 aliphatic rings. The first-order chi connectivity index (χ1) is 9.11. The number of hydrogen-bond acceptors (Lipinski definition) is 4. The number of hydrogen-bond donors (Lipinski definition) is 1. The van der Waals surface area contributed by atoms with Crippen LogP contribution in [0.1, 0.15) is 12.8 Å². The van der Waals surface area contributed by atoms with Gasteiger partial charge in [0.25, 0.3) is 0 Å². The van der Waals surface area contributed by atoms with E-state index in [1.54, 1.807) is 19.0 Å². The van der Waals surface area contributed by atoms with Gasteiger partial charge in [0.2, 0.25) is 0 Å². The van der Waals surface area contributed by atoms with Gasteiger partial charge in [-0.15, -0.1) is 0 Å². The molecule has 0 aliphatic carbocycles. The summed E-state index contributed by atoms with van der Waals surface area (Å²) in [4.78, 5) is 5.70. The summed E-state index contributed by atoms with van der Waals surface area (Å²) in [7, 11) is 3.32. The van der Waals surface area contributed by atoms with Gasteiger partial charge in [0, 0.05) is 33.3 Å². The van der Waals surface area contributed by atoms with E-state index in [-0.39, 0.29) is 11.6 Å². The van der Waals surface area contributed by atoms with E-state index in [2.05, 4.69) is 10.3 Å². The number of nitrogens with one attached hydrogen (secondary N) is 1. The second-order valence-corrected chi connectivity index (χ2v) is 4.84. The van der Waals surface area contributed by atoms with Gasteiger partial charge in [-0.25, -0.2) is 13.8 Å². The summed E-state index contributed by atoms with van der Waals surface area (Å²) >= 11 is 0. The van der Waals surface area contributed by atoms with Crippen molar-refractivity contribution < 1.29 is 13.5 Å². The number of halogens is 2. The van der Waals surface area contributed by atoms with Crippen molar-refractivity contribution in [3.8, 4) is 0 Å². The smallest absolute Gasteiger partial charge is 0.168 e. The first-order valence-electron chi connectivity index (χ1n) is 6.44. The summed E-state index contributed by atoms with van der Waals surface area (Å²) in [5.74, 6) is -0.739. The van der Waals surface area contributed by atoms with E-state index in [4.69, 9.17) is 4.74 Å². The highest BCUT2D eigenvalue weighted by Crippen LogP contribution is 2.23. The lowest BCUT2D eigenvalue weighted by molar-refractivity contribution is 0.0575. The number of anilines is 2. The molecular formula is C13H19F2N3O. The molecule has 0 saturated carbocycles. The summed E-state index contributed by atoms with van der Waals surface area (Å²) in [6.07, 6.45) is 2.09. The van der Waals surface area contributed by atoms with Crippen LogP contribution in [0.5, 0.6) is 0 Å². The van der Waals surface area contributed by atoms with Crippen LogP contribution >= 0.6 is 0 Å². The van der Waals surface area contributed by atoms with Gasteiger partial charge >= 0.3 is 0 Å². The Morgan fingerprint density at radius 3 is 2.89 bits per heavy atom. The van der Waals surface area contributed by atoms with Gasteiger partial charge < -0.3 is 15.0 Å². The Labute approximate surface area is 111 Å². The summed E-state index contributed by atoms with van der Waals surface area (Å²) in [5.41, 5.74) is 0. The third kappa shape index (κ3) is 3.32. The molecule has 0 spiro atoms. The van der Waals surface area contributed by atoms with Crippen LogP contribution in [0.15, 0.2) is 6.07 Å². The van der Waals surface area contributed by atoms with Crippen molar-refractivity contribution in [3.05, 3.63) is 17.7 Å². The average molecular weight is 271 g/mol. The molecule has 1 aliphatic heterocycles. The highest BCUT2D eigenvalue weighted by Gasteiger charge is 2.20. The third-order valence-corrected chi connectivity index (χ3v) is 3.30. The minimum Gasteiger partial charge on any atom is -0.381 e. The zero-order valence-corrected chi connectivity index (χ0v) is 11.2. The van der Waals surface area contributed by atoms with Crippen molar-refractivity contribution in [3.63, 3.8) is 0 Å². The summed E-state index contributed by atoms with van der Waals surface area (Å²) in [6.45, 7) is 2.14. The van der Waals surface area contributed by atoms with E-state index in [0.717, 1.165) is 25.5 Å². The fourth-order valence-corrected chi connectivity index (χ4v) is 2.33. The molecule has 0 radical (unpaired) electrons. The largest absolute Gasteiger partial charge is 0.381 e. The van der Waals surface area contributed by atoms with Crippen molar-refractivity contribution in [1.82, 2.24) is 4.98 Å². The molecule has 2 rings (SSSR count). The van der Waals surface area contributed by atoms with E-state index in [1.807, 2.05) is 0 Å². The van der Waals surface area contributed by atoms with Crippen LogP contribution < -0.4 is 10.2 Å². The molecule has 0 aromatic carbocycles. The molecule has 106 valence electrons. The Bertz CT molecular complexity index is 436. The minimum absolute atomic E-state index is 0.0585. The molecule has 1 aromatic heterocycles. The maximum atomic E-state index is 13.8. The molecule has 2 heterocycles. The minimum atomic E-state index is -0.682. The van der Waals surface area contributed by atoms with Crippen LogP contribution in [0.3, 0.4) is 0 Å². The van der Waals surface area contributed by atoms with Crippen molar-refractivity contribution in [2.45, 2.75) is 12.8 Å². The number of ether oxygens (including phenoxy) is 1. The van der Waals surface area contributed by atoms with Crippen molar-refractivity contribution in [2.75, 3.05) is 44.1 Å². The number of aromatic nitrogens is 1. The van der Waals surface area contributed by atoms with Gasteiger partial charge in [-0.2, -0.15) is 0 Å². The Balaban J connectivity index is 2.11. The maximum absolute atomic E-state index is 13.8. The quantitative estimate of drug-likeness (QED) is 0.911. The van der Waals surface area contributed by atoms with E-state index in [0.29, 0.717) is 19.1 Å². The topological polar surface area (TPSA) is 37.4 Å². The second-order valence-electron chi connectivity index (χ2n) is 4.84. The summed E-state index contributed by atoms with van der Waals surface area (Å²) < 4.78 is 32.5. The average Bonchev–Trinajstić information content (AvgIpc) is 2.40. The fourth-order valence-electron chi connectivity index (χ4n) is 2.33. The van der Waals surface area contributed by atoms with Gasteiger partial charge in [-0.05, 0) is 18.8 Å². The molecule has 1 saturated heterocycles. The van der Waals surface area contributed by atoms with Crippen LogP contribution in [-0.4, -0.2) is 38.8 Å². The molecule has 1 unspecified atom stereocenters. The van der Waals surface area contributed by atoms with Gasteiger partial charge in [0.05, 0.1) is 6.61 Å². The molecule has 6 heteroatoms. The second kappa shape index (κ2) is 6.14. The first-order valence-corrected chi connectivity index (χ1v) is 6.44. The van der Waals surface area contributed by atoms with E-state index >= 15 is 0 Å². The van der Waals surface area contributed by atoms with Gasteiger partial charge in [-0.1, -0.05) is 0 Å². The highest BCUT2D eigenvalue weighted by atomic mass is 19.1. The van der Waals surface area contributed by atoms with Crippen LogP contribution in [0, 0.1) is 17.6 Å². The van der Waals surface area contributed by atoms with Crippen molar-refractivity contribution >= 4 is 11.6 Å². The normalized spacial score (nSPS) is 19.3. The summed E-state index contributed by atoms with van der Waals surface area (Å²) in [5, 5.41) is 2.62. The maximum Gasteiger partial charge on any atom is 0.168 e. The zero-order valence-electron chi connectivity index (χ0n) is 11.2. The molecule has 1 aromatic rings. The van der Waals surface area contributed by atoms with Crippen LogP contribution in [0.4, 0.5) is 20.4 Å². The molecule has 1 atom stereocenters. The van der Waals surface area contributed by atoms with Gasteiger partial charge in [-0.3, -0.25) is 0 Å². The van der Waals surface area contributed by atoms with Crippen LogP contribution in [0.2, 0.25) is 0 Å². The Morgan fingerprint density at radius 2 is 2.26 bits per heavy atom. The fraction of sp³-hybridized carbons (Fsp3) is 0.615. The van der Waals surface area contributed by atoms with Crippen molar-refractivity contribution in [2.24, 2.45) is 5.92 Å². The molecule has 0 bridgehead atoms. The lowest BCUT2D eigenvalue weighted by Gasteiger charge is -2.28. The van der Waals surface area contributed by atoms with Crippen LogP contribution in [0.25, 0.3) is 0 Å². The number of pyridine rings is 1. The molecule has 19 heavy (non-hydrogen) atoms. The van der Waals surface area contributed by atoms with Gasteiger partial charge in [0.15, 0.2) is 23.3 Å². The van der Waals surface area contributed by atoms with E-state index < -0.39 is 11.6 Å². The predicted octanol–water partition coefficient (Wildman–Crippen LogP) is 2.26. The SMILES string of the molecule is CNc1nc(N(C)CC2CCCOC2)c(F)cc1F. The predicted molar refractivity (Wildman–Crippen MR) is 70.5 cm³/mol. The molecule has 1 fully saturated rings. The molecule has 1 N–H and O–H groups in total. The Morgan fingerprint density at radius 1 is 1.47 bits per heavy atom. The highest BCUT2D eigenvalue weighted by molar-refractivity contribution is 5.48. The molecule has 0 amide bonds. The molecule has 4 nitrogen and oxygen atoms in total. The number of nitrogens with zero attached hydrogens (tertiary/aromatic N) is 2. The third-order valence-electron chi connectivity index (χ3n) is 3.30. The standard InChI is InChI=1S/C13H19F2N3O/c1-16-12-10(14)6-11(15)13(17-12)18(2)7-9-4-3-5-19-8-9/h6,9H,3-5,7-8H2,1-2H3,(H,16,17). The zero-order chi connectivity index (χ0) is 13.8. The van der Waals surface area contributed by atoms with Gasteiger partial charge in [0.1, 0.15) is 0 Å². The Kier molecular flexibility index (Phi) is 4.52. The lowest BCUT2D eigenvalue weighted by atomic mass is 10.0. The van der Waals surface area contributed by atoms with Crippen LogP contribution in [-0.2, 0) is 4.74 Å².